The molecule has 0 saturated heterocycles. The lowest BCUT2D eigenvalue weighted by atomic mass is 10.1. The van der Waals surface area contributed by atoms with Crippen molar-refractivity contribution in [2.24, 2.45) is 0 Å². The molecule has 0 spiro atoms. The van der Waals surface area contributed by atoms with E-state index in [0.717, 1.165) is 11.1 Å². The van der Waals surface area contributed by atoms with Gasteiger partial charge in [-0.05, 0) is 23.3 Å². The molecule has 0 heterocycles. The van der Waals surface area contributed by atoms with E-state index in [1.807, 2.05) is 30.3 Å². The van der Waals surface area contributed by atoms with Crippen molar-refractivity contribution in [1.29, 1.82) is 0 Å². The molecule has 0 radical (unpaired) electrons. The zero-order chi connectivity index (χ0) is 17.4. The van der Waals surface area contributed by atoms with Crippen molar-refractivity contribution in [1.82, 2.24) is 5.32 Å². The summed E-state index contributed by atoms with van der Waals surface area (Å²) in [6.07, 6.45) is -0.240. The number of ether oxygens (including phenoxy) is 1. The average Bonchev–Trinajstić information content (AvgIpc) is 2.58. The monoisotopic (exact) mass is 347 g/mol. The minimum Gasteiger partial charge on any atom is -0.480 e. The van der Waals surface area contributed by atoms with Crippen LogP contribution in [0.2, 0.25) is 5.02 Å². The van der Waals surface area contributed by atoms with Crippen LogP contribution in [0.25, 0.3) is 0 Å². The van der Waals surface area contributed by atoms with Crippen molar-refractivity contribution in [2.45, 2.75) is 25.6 Å². The first-order valence-electron chi connectivity index (χ1n) is 7.45. The predicted molar refractivity (Wildman–Crippen MR) is 90.6 cm³/mol. The standard InChI is InChI=1S/C18H18ClNO4/c19-15-8-6-14(7-9-15)12-24-17(21)10-16(18(22)23)20-11-13-4-2-1-3-5-13/h1-9,16,20H,10-12H2,(H,22,23). The molecule has 0 aliphatic heterocycles. The second-order valence-corrected chi connectivity index (χ2v) is 5.69. The van der Waals surface area contributed by atoms with Crippen molar-refractivity contribution in [2.75, 3.05) is 0 Å². The largest absolute Gasteiger partial charge is 0.480 e. The molecule has 2 aromatic carbocycles. The van der Waals surface area contributed by atoms with Gasteiger partial charge in [0.15, 0.2) is 0 Å². The molecule has 0 fully saturated rings. The van der Waals surface area contributed by atoms with Gasteiger partial charge >= 0.3 is 11.9 Å². The fourth-order valence-electron chi connectivity index (χ4n) is 2.05. The number of carboxylic acids is 1. The molecule has 0 aliphatic carbocycles. The number of nitrogens with one attached hydrogen (secondary N) is 1. The van der Waals surface area contributed by atoms with Gasteiger partial charge in [-0.1, -0.05) is 54.1 Å². The summed E-state index contributed by atoms with van der Waals surface area (Å²) < 4.78 is 5.12. The maximum Gasteiger partial charge on any atom is 0.321 e. The van der Waals surface area contributed by atoms with E-state index in [4.69, 9.17) is 16.3 Å². The van der Waals surface area contributed by atoms with Crippen LogP contribution in [0.1, 0.15) is 17.5 Å². The minimum absolute atomic E-state index is 0.0844. The third-order valence-electron chi connectivity index (χ3n) is 3.38. The van der Waals surface area contributed by atoms with Crippen molar-refractivity contribution in [3.63, 3.8) is 0 Å². The molecule has 0 amide bonds. The average molecular weight is 348 g/mol. The maximum absolute atomic E-state index is 11.9. The highest BCUT2D eigenvalue weighted by Crippen LogP contribution is 2.11. The maximum atomic E-state index is 11.9. The number of carbonyl (C=O) groups is 2. The number of rotatable bonds is 8. The van der Waals surface area contributed by atoms with Gasteiger partial charge in [-0.15, -0.1) is 0 Å². The molecule has 0 bridgehead atoms. The Bertz CT molecular complexity index is 673. The first-order valence-corrected chi connectivity index (χ1v) is 7.82. The highest BCUT2D eigenvalue weighted by Gasteiger charge is 2.21. The number of hydrogen-bond donors (Lipinski definition) is 2. The molecule has 1 unspecified atom stereocenters. The molecule has 24 heavy (non-hydrogen) atoms. The third kappa shape index (κ3) is 6.02. The number of hydrogen-bond acceptors (Lipinski definition) is 4. The fourth-order valence-corrected chi connectivity index (χ4v) is 2.18. The van der Waals surface area contributed by atoms with Gasteiger partial charge in [0.25, 0.3) is 0 Å². The van der Waals surface area contributed by atoms with Gasteiger partial charge in [0.1, 0.15) is 12.6 Å². The Hall–Kier alpha value is -2.37. The van der Waals surface area contributed by atoms with Crippen molar-refractivity contribution in [3.8, 4) is 0 Å². The van der Waals surface area contributed by atoms with Crippen LogP contribution < -0.4 is 5.32 Å². The molecule has 1 atom stereocenters. The van der Waals surface area contributed by atoms with Gasteiger partial charge in [0, 0.05) is 11.6 Å². The minimum atomic E-state index is -1.09. The van der Waals surface area contributed by atoms with E-state index in [2.05, 4.69) is 5.32 Å². The second kappa shape index (κ2) is 9.05. The summed E-state index contributed by atoms with van der Waals surface area (Å²) in [6.45, 7) is 0.448. The molecule has 0 saturated carbocycles. The summed E-state index contributed by atoms with van der Waals surface area (Å²) in [6, 6.07) is 15.3. The molecular formula is C18H18ClNO4. The van der Waals surface area contributed by atoms with Crippen molar-refractivity contribution in [3.05, 3.63) is 70.7 Å². The molecule has 2 aromatic rings. The van der Waals surface area contributed by atoms with Gasteiger partial charge in [-0.25, -0.2) is 0 Å². The van der Waals surface area contributed by atoms with Crippen LogP contribution in [0.3, 0.4) is 0 Å². The quantitative estimate of drug-likeness (QED) is 0.718. The summed E-state index contributed by atoms with van der Waals surface area (Å²) >= 11 is 5.78. The summed E-state index contributed by atoms with van der Waals surface area (Å²) in [5.41, 5.74) is 1.73. The summed E-state index contributed by atoms with van der Waals surface area (Å²) in [5, 5.41) is 12.7. The number of benzene rings is 2. The normalized spacial score (nSPS) is 11.7. The topological polar surface area (TPSA) is 75.6 Å². The third-order valence-corrected chi connectivity index (χ3v) is 3.63. The van der Waals surface area contributed by atoms with Crippen LogP contribution in [-0.4, -0.2) is 23.1 Å². The Morgan fingerprint density at radius 3 is 2.33 bits per heavy atom. The lowest BCUT2D eigenvalue weighted by Gasteiger charge is -2.14. The van der Waals surface area contributed by atoms with Gasteiger partial charge in [-0.2, -0.15) is 0 Å². The van der Waals surface area contributed by atoms with Crippen LogP contribution in [-0.2, 0) is 27.5 Å². The molecule has 0 aromatic heterocycles. The Morgan fingerprint density at radius 1 is 1.04 bits per heavy atom. The molecule has 6 heteroatoms. The Balaban J connectivity index is 1.82. The van der Waals surface area contributed by atoms with Crippen LogP contribution >= 0.6 is 11.6 Å². The molecular weight excluding hydrogens is 330 g/mol. The van der Waals surface area contributed by atoms with Gasteiger partial charge in [-0.3, -0.25) is 14.9 Å². The predicted octanol–water partition coefficient (Wildman–Crippen LogP) is 3.02. The van der Waals surface area contributed by atoms with Crippen molar-refractivity contribution >= 4 is 23.5 Å². The van der Waals surface area contributed by atoms with Gasteiger partial charge < -0.3 is 9.84 Å². The Labute approximate surface area is 145 Å². The van der Waals surface area contributed by atoms with E-state index in [1.54, 1.807) is 24.3 Å². The SMILES string of the molecule is O=C(CC(NCc1ccccc1)C(=O)O)OCc1ccc(Cl)cc1. The highest BCUT2D eigenvalue weighted by molar-refractivity contribution is 6.30. The van der Waals surface area contributed by atoms with Gasteiger partial charge in [0.05, 0.1) is 6.42 Å². The first-order chi connectivity index (χ1) is 11.5. The van der Waals surface area contributed by atoms with Crippen molar-refractivity contribution < 1.29 is 19.4 Å². The molecule has 5 nitrogen and oxygen atoms in total. The molecule has 2 rings (SSSR count). The van der Waals surface area contributed by atoms with E-state index in [9.17, 15) is 14.7 Å². The number of carbonyl (C=O) groups excluding carboxylic acids is 1. The van der Waals surface area contributed by atoms with Crippen LogP contribution in [0.5, 0.6) is 0 Å². The number of carboxylic acid groups (broad SMARTS) is 1. The van der Waals surface area contributed by atoms with Crippen LogP contribution in [0.15, 0.2) is 54.6 Å². The Kier molecular flexibility index (Phi) is 6.78. The Morgan fingerprint density at radius 2 is 1.71 bits per heavy atom. The van der Waals surface area contributed by atoms with Crippen LogP contribution in [0, 0.1) is 0 Å². The lowest BCUT2D eigenvalue weighted by molar-refractivity contribution is -0.150. The number of aliphatic carboxylic acids is 1. The summed E-state index contributed by atoms with van der Waals surface area (Å²) in [7, 11) is 0. The van der Waals surface area contributed by atoms with E-state index in [0.29, 0.717) is 11.6 Å². The van der Waals surface area contributed by atoms with Crippen LogP contribution in [0.4, 0.5) is 0 Å². The zero-order valence-corrected chi connectivity index (χ0v) is 13.7. The fraction of sp³-hybridized carbons (Fsp3) is 0.222. The first kappa shape index (κ1) is 18.0. The highest BCUT2D eigenvalue weighted by atomic mass is 35.5. The lowest BCUT2D eigenvalue weighted by Crippen LogP contribution is -2.38. The molecule has 0 aliphatic rings. The summed E-state index contributed by atoms with van der Waals surface area (Å²) in [5.74, 6) is -1.66. The zero-order valence-electron chi connectivity index (χ0n) is 12.9. The van der Waals surface area contributed by atoms with E-state index >= 15 is 0 Å². The molecule has 126 valence electrons. The van der Waals surface area contributed by atoms with E-state index < -0.39 is 18.0 Å². The van der Waals surface area contributed by atoms with Gasteiger partial charge in [0.2, 0.25) is 0 Å². The number of esters is 1. The smallest absolute Gasteiger partial charge is 0.321 e. The number of halogens is 1. The second-order valence-electron chi connectivity index (χ2n) is 5.25. The van der Waals surface area contributed by atoms with E-state index in [1.165, 1.54) is 0 Å². The summed E-state index contributed by atoms with van der Waals surface area (Å²) in [4.78, 5) is 23.1. The molecule has 2 N–H and O–H groups in total. The van der Waals surface area contributed by atoms with E-state index in [-0.39, 0.29) is 13.0 Å².